The lowest BCUT2D eigenvalue weighted by atomic mass is 10.0. The molecule has 0 aliphatic carbocycles. The molecule has 0 radical (unpaired) electrons. The van der Waals surface area contributed by atoms with Gasteiger partial charge in [0, 0.05) is 20.8 Å². The van der Waals surface area contributed by atoms with Gasteiger partial charge in [0.1, 0.15) is 17.5 Å². The van der Waals surface area contributed by atoms with Crippen LogP contribution in [0.1, 0.15) is 20.8 Å². The molecule has 0 saturated carbocycles. The second-order valence-corrected chi connectivity index (χ2v) is 5.48. The molecule has 1 aliphatic heterocycles. The van der Waals surface area contributed by atoms with E-state index in [0.29, 0.717) is 0 Å². The molecular weight excluding hydrogens is 355 g/mol. The molecule has 9 heteroatoms. The van der Waals surface area contributed by atoms with E-state index in [1.807, 2.05) is 0 Å². The molecule has 1 fully saturated rings. The lowest BCUT2D eigenvalue weighted by Crippen LogP contribution is -2.58. The summed E-state index contributed by atoms with van der Waals surface area (Å²) in [7, 11) is 0. The van der Waals surface area contributed by atoms with Gasteiger partial charge < -0.3 is 18.9 Å². The van der Waals surface area contributed by atoms with Crippen molar-refractivity contribution in [2.45, 2.75) is 50.3 Å². The first-order chi connectivity index (χ1) is 9.72. The van der Waals surface area contributed by atoms with Crippen molar-refractivity contribution in [1.29, 1.82) is 0 Å². The maximum Gasteiger partial charge on any atom is 0.303 e. The van der Waals surface area contributed by atoms with Crippen LogP contribution in [-0.4, -0.2) is 54.0 Å². The zero-order valence-electron chi connectivity index (χ0n) is 11.7. The van der Waals surface area contributed by atoms with Crippen LogP contribution < -0.4 is 0 Å². The normalized spacial score (nSPS) is 32.1. The lowest BCUT2D eigenvalue weighted by Gasteiger charge is -2.40. The lowest BCUT2D eigenvalue weighted by molar-refractivity contribution is -0.230. The van der Waals surface area contributed by atoms with Crippen molar-refractivity contribution in [3.05, 3.63) is 0 Å². The average molecular weight is 371 g/mol. The summed E-state index contributed by atoms with van der Waals surface area (Å²) in [6.07, 6.45) is -5.09. The predicted molar refractivity (Wildman–Crippen MR) is 70.2 cm³/mol. The summed E-state index contributed by atoms with van der Waals surface area (Å²) < 4.78 is 33.6. The van der Waals surface area contributed by atoms with Crippen molar-refractivity contribution in [2.24, 2.45) is 0 Å². The third kappa shape index (κ3) is 5.24. The van der Waals surface area contributed by atoms with Gasteiger partial charge in [0.15, 0.2) is 12.2 Å². The van der Waals surface area contributed by atoms with Crippen molar-refractivity contribution in [2.75, 3.05) is 6.61 Å². The fourth-order valence-electron chi connectivity index (χ4n) is 1.85. The molecule has 0 amide bonds. The molecular formula is C12H16BrFO7. The van der Waals surface area contributed by atoms with E-state index in [1.54, 1.807) is 0 Å². The Hall–Kier alpha value is -1.22. The van der Waals surface area contributed by atoms with Crippen molar-refractivity contribution < 1.29 is 37.7 Å². The van der Waals surface area contributed by atoms with Gasteiger partial charge >= 0.3 is 17.9 Å². The van der Waals surface area contributed by atoms with Crippen LogP contribution >= 0.6 is 15.9 Å². The minimum absolute atomic E-state index is 0.328. The SMILES string of the molecule is CC(=O)OC[C@H]1O[C@H](F)[C@H](Br)[C@@H](OC(C)=O)[C@H]1OC(C)=O. The first kappa shape index (κ1) is 17.8. The van der Waals surface area contributed by atoms with Crippen LogP contribution in [0.2, 0.25) is 0 Å². The highest BCUT2D eigenvalue weighted by molar-refractivity contribution is 9.09. The van der Waals surface area contributed by atoms with Gasteiger partial charge in [0.25, 0.3) is 0 Å². The van der Waals surface area contributed by atoms with E-state index in [4.69, 9.17) is 18.9 Å². The zero-order valence-corrected chi connectivity index (χ0v) is 13.3. The molecule has 1 saturated heterocycles. The molecule has 0 aromatic heterocycles. The smallest absolute Gasteiger partial charge is 0.303 e. The van der Waals surface area contributed by atoms with Gasteiger partial charge in [-0.1, -0.05) is 15.9 Å². The van der Waals surface area contributed by atoms with Crippen LogP contribution in [0.25, 0.3) is 0 Å². The number of carbonyl (C=O) groups is 3. The fourth-order valence-corrected chi connectivity index (χ4v) is 2.39. The Morgan fingerprint density at radius 2 is 1.57 bits per heavy atom. The molecule has 0 aromatic carbocycles. The van der Waals surface area contributed by atoms with Gasteiger partial charge in [-0.2, -0.15) is 0 Å². The van der Waals surface area contributed by atoms with Crippen LogP contribution in [0.15, 0.2) is 0 Å². The van der Waals surface area contributed by atoms with Crippen LogP contribution in [0, 0.1) is 0 Å². The molecule has 1 aliphatic rings. The van der Waals surface area contributed by atoms with E-state index in [0.717, 1.165) is 13.8 Å². The van der Waals surface area contributed by atoms with E-state index in [2.05, 4.69) is 15.9 Å². The van der Waals surface area contributed by atoms with Crippen molar-refractivity contribution in [1.82, 2.24) is 0 Å². The van der Waals surface area contributed by atoms with Gasteiger partial charge in [0.05, 0.1) is 0 Å². The van der Waals surface area contributed by atoms with E-state index in [1.165, 1.54) is 6.92 Å². The predicted octanol–water partition coefficient (Wildman–Crippen LogP) is 0.871. The molecule has 0 bridgehead atoms. The third-order valence-corrected chi connectivity index (χ3v) is 3.55. The largest absolute Gasteiger partial charge is 0.463 e. The van der Waals surface area contributed by atoms with Gasteiger partial charge in [-0.25, -0.2) is 4.39 Å². The van der Waals surface area contributed by atoms with Crippen molar-refractivity contribution in [3.63, 3.8) is 0 Å². The van der Waals surface area contributed by atoms with Crippen molar-refractivity contribution in [3.8, 4) is 0 Å². The monoisotopic (exact) mass is 370 g/mol. The molecule has 0 aromatic rings. The third-order valence-electron chi connectivity index (χ3n) is 2.61. The topological polar surface area (TPSA) is 88.1 Å². The Kier molecular flexibility index (Phi) is 6.53. The highest BCUT2D eigenvalue weighted by Crippen LogP contribution is 2.31. The zero-order chi connectivity index (χ0) is 16.2. The van der Waals surface area contributed by atoms with Crippen LogP contribution in [0.5, 0.6) is 0 Å². The summed E-state index contributed by atoms with van der Waals surface area (Å²) in [6.45, 7) is 3.14. The van der Waals surface area contributed by atoms with Crippen molar-refractivity contribution >= 4 is 33.8 Å². The molecule has 1 heterocycles. The van der Waals surface area contributed by atoms with Gasteiger partial charge in [-0.05, 0) is 0 Å². The molecule has 0 unspecified atom stereocenters. The highest BCUT2D eigenvalue weighted by Gasteiger charge is 2.49. The molecule has 5 atom stereocenters. The molecule has 120 valence electrons. The summed E-state index contributed by atoms with van der Waals surface area (Å²) in [4.78, 5) is 32.1. The first-order valence-electron chi connectivity index (χ1n) is 6.13. The highest BCUT2D eigenvalue weighted by atomic mass is 79.9. The summed E-state index contributed by atoms with van der Waals surface area (Å²) in [5.41, 5.74) is 0. The summed E-state index contributed by atoms with van der Waals surface area (Å²) in [6, 6.07) is 0. The minimum Gasteiger partial charge on any atom is -0.463 e. The number of ether oxygens (including phenoxy) is 4. The number of hydrogen-bond acceptors (Lipinski definition) is 7. The van der Waals surface area contributed by atoms with E-state index < -0.39 is 47.4 Å². The Morgan fingerprint density at radius 3 is 2.05 bits per heavy atom. The average Bonchev–Trinajstić information content (AvgIpc) is 2.35. The molecule has 0 N–H and O–H groups in total. The van der Waals surface area contributed by atoms with Crippen LogP contribution in [-0.2, 0) is 33.3 Å². The molecule has 7 nitrogen and oxygen atoms in total. The second-order valence-electron chi connectivity index (χ2n) is 4.42. The summed E-state index contributed by atoms with van der Waals surface area (Å²) in [5, 5.41) is 0. The number of alkyl halides is 2. The van der Waals surface area contributed by atoms with Crippen LogP contribution in [0.4, 0.5) is 4.39 Å². The van der Waals surface area contributed by atoms with E-state index >= 15 is 0 Å². The standard InChI is InChI=1S/C12H16BrFO7/c1-5(15)18-4-8-10(19-6(2)16)11(20-7(3)17)9(13)12(14)21-8/h8-12H,4H2,1-3H3/t8-,9-,10+,11-,12+/m1/s1. The Labute approximate surface area is 129 Å². The second kappa shape index (κ2) is 7.69. The Balaban J connectivity index is 2.94. The number of hydrogen-bond donors (Lipinski definition) is 0. The Morgan fingerprint density at radius 1 is 1.05 bits per heavy atom. The number of rotatable bonds is 4. The fraction of sp³-hybridized carbons (Fsp3) is 0.750. The maximum atomic E-state index is 13.8. The maximum absolute atomic E-state index is 13.8. The summed E-state index contributed by atoms with van der Waals surface area (Å²) in [5.74, 6) is -1.92. The van der Waals surface area contributed by atoms with E-state index in [-0.39, 0.29) is 6.61 Å². The van der Waals surface area contributed by atoms with Gasteiger partial charge in [-0.15, -0.1) is 0 Å². The number of esters is 3. The summed E-state index contributed by atoms with van der Waals surface area (Å²) >= 11 is 3.01. The number of carbonyl (C=O) groups excluding carboxylic acids is 3. The van der Waals surface area contributed by atoms with E-state index in [9.17, 15) is 18.8 Å². The number of halogens is 2. The minimum atomic E-state index is -1.82. The van der Waals surface area contributed by atoms with Gasteiger partial charge in [0.2, 0.25) is 6.36 Å². The molecule has 0 spiro atoms. The quantitative estimate of drug-likeness (QED) is 0.412. The Bertz CT molecular complexity index is 416. The first-order valence-corrected chi connectivity index (χ1v) is 7.05. The molecule has 1 rings (SSSR count). The molecule has 21 heavy (non-hydrogen) atoms. The van der Waals surface area contributed by atoms with Gasteiger partial charge in [-0.3, -0.25) is 14.4 Å². The van der Waals surface area contributed by atoms with Crippen LogP contribution in [0.3, 0.4) is 0 Å².